The van der Waals surface area contributed by atoms with Crippen LogP contribution in [-0.2, 0) is 28.3 Å². The Bertz CT molecular complexity index is 920. The molecule has 1 radical (unpaired) electrons. The monoisotopic (exact) mass is 445 g/mol. The Kier molecular flexibility index (Phi) is 12.4. The third-order valence-corrected chi connectivity index (χ3v) is 4.42. The van der Waals surface area contributed by atoms with Gasteiger partial charge in [-0.3, -0.25) is 0 Å². The van der Waals surface area contributed by atoms with Crippen LogP contribution in [0.5, 0.6) is 0 Å². The van der Waals surface area contributed by atoms with Crippen molar-refractivity contribution in [3.05, 3.63) is 107 Å². The van der Waals surface area contributed by atoms with Crippen molar-refractivity contribution < 1.29 is 51.6 Å². The summed E-state index contributed by atoms with van der Waals surface area (Å²) in [4.78, 5) is 0. The second-order valence-electron chi connectivity index (χ2n) is 6.42. The summed E-state index contributed by atoms with van der Waals surface area (Å²) >= 11 is 0. The van der Waals surface area contributed by atoms with Crippen LogP contribution in [-0.4, -0.2) is 5.11 Å². The Hall–Kier alpha value is -1.35. The number of allylic oxidation sites excluding steroid dienone is 4. The first-order valence-electron chi connectivity index (χ1n) is 8.60. The van der Waals surface area contributed by atoms with E-state index in [0.29, 0.717) is 5.92 Å². The smallest absolute Gasteiger partial charge is 1.00 e. The summed E-state index contributed by atoms with van der Waals surface area (Å²) in [6.45, 7) is 4.49. The number of aliphatic hydroxyl groups excluding tert-OH is 1. The predicted molar refractivity (Wildman–Crippen MR) is 105 cm³/mol. The topological polar surface area (TPSA) is 20.2 Å². The van der Waals surface area contributed by atoms with Gasteiger partial charge < -0.3 is 29.9 Å². The standard InChI is InChI=1S/C17H15.C7H8O.2ClH.Ti/c1-12-9-13(2)17(10-12)16-8-7-14-5-3-4-6-15(14)11-16;8-6-7-4-2-1-3-5-7;;;/h3-10,17H,1-2H3;1-5,8H,6H2;2*1H;/q-1;;;;+3/p-2. The van der Waals surface area contributed by atoms with Crippen molar-refractivity contribution in [1.29, 1.82) is 0 Å². The summed E-state index contributed by atoms with van der Waals surface area (Å²) in [6, 6.07) is 25.8. The molecule has 3 aromatic rings. The van der Waals surface area contributed by atoms with Crippen LogP contribution < -0.4 is 24.8 Å². The SMILES string of the molecule is CC1=CC(c2[c-]c3ccccc3cc2)C(C)=C1.OCc1ccccc1.[Cl-].[Cl-].[Ti+3]. The molecular weight excluding hydrogens is 423 g/mol. The zero-order chi connectivity index (χ0) is 17.6. The number of aliphatic hydroxyl groups is 1. The van der Waals surface area contributed by atoms with Crippen molar-refractivity contribution in [2.24, 2.45) is 0 Å². The summed E-state index contributed by atoms with van der Waals surface area (Å²) in [5, 5.41) is 11.0. The van der Waals surface area contributed by atoms with Crippen molar-refractivity contribution >= 4 is 10.8 Å². The molecule has 1 unspecified atom stereocenters. The summed E-state index contributed by atoms with van der Waals surface area (Å²) in [6.07, 6.45) is 4.57. The number of benzene rings is 3. The van der Waals surface area contributed by atoms with E-state index in [2.05, 4.69) is 68.5 Å². The zero-order valence-corrected chi connectivity index (χ0v) is 19.1. The molecule has 1 atom stereocenters. The number of fused-ring (bicyclic) bond motifs is 1. The number of rotatable bonds is 2. The third kappa shape index (κ3) is 6.92. The molecule has 1 aliphatic rings. The van der Waals surface area contributed by atoms with E-state index in [1.54, 1.807) is 0 Å². The fourth-order valence-electron chi connectivity index (χ4n) is 3.12. The quantitative estimate of drug-likeness (QED) is 0.428. The Morgan fingerprint density at radius 3 is 2.07 bits per heavy atom. The third-order valence-electron chi connectivity index (χ3n) is 4.42. The number of hydrogen-bond acceptors (Lipinski definition) is 1. The maximum atomic E-state index is 8.54. The maximum absolute atomic E-state index is 8.54. The van der Waals surface area contributed by atoms with Crippen molar-refractivity contribution in [2.45, 2.75) is 26.4 Å². The molecule has 0 aromatic heterocycles. The van der Waals surface area contributed by atoms with Crippen LogP contribution in [0.25, 0.3) is 10.8 Å². The Morgan fingerprint density at radius 1 is 0.857 bits per heavy atom. The molecule has 1 aliphatic carbocycles. The van der Waals surface area contributed by atoms with Gasteiger partial charge in [0.25, 0.3) is 0 Å². The molecule has 0 amide bonds. The van der Waals surface area contributed by atoms with E-state index in [-0.39, 0.29) is 53.1 Å². The van der Waals surface area contributed by atoms with E-state index in [0.717, 1.165) is 5.56 Å². The van der Waals surface area contributed by atoms with E-state index < -0.39 is 0 Å². The molecular formula is C24H23Cl2OTi. The predicted octanol–water partition coefficient (Wildman–Crippen LogP) is -0.186. The molecule has 0 bridgehead atoms. The molecule has 0 saturated heterocycles. The largest absolute Gasteiger partial charge is 3.00 e. The molecule has 3 aromatic carbocycles. The van der Waals surface area contributed by atoms with E-state index >= 15 is 0 Å². The summed E-state index contributed by atoms with van der Waals surface area (Å²) < 4.78 is 0. The van der Waals surface area contributed by atoms with Gasteiger partial charge in [0.15, 0.2) is 0 Å². The Morgan fingerprint density at radius 2 is 1.50 bits per heavy atom. The van der Waals surface area contributed by atoms with Gasteiger partial charge in [-0.1, -0.05) is 65.8 Å². The van der Waals surface area contributed by atoms with E-state index in [4.69, 9.17) is 5.11 Å². The molecule has 0 saturated carbocycles. The van der Waals surface area contributed by atoms with Crippen molar-refractivity contribution in [2.75, 3.05) is 0 Å². The minimum atomic E-state index is 0. The van der Waals surface area contributed by atoms with Gasteiger partial charge >= 0.3 is 21.7 Å². The minimum Gasteiger partial charge on any atom is -1.00 e. The van der Waals surface area contributed by atoms with Crippen LogP contribution in [0, 0.1) is 6.07 Å². The second kappa shape index (κ2) is 13.0. The molecule has 28 heavy (non-hydrogen) atoms. The second-order valence-corrected chi connectivity index (χ2v) is 6.42. The average molecular weight is 446 g/mol. The van der Waals surface area contributed by atoms with Gasteiger partial charge in [0, 0.05) is 5.92 Å². The molecule has 4 rings (SSSR count). The fraction of sp³-hybridized carbons (Fsp3) is 0.167. The van der Waals surface area contributed by atoms with Gasteiger partial charge in [-0.25, -0.2) is 0 Å². The van der Waals surface area contributed by atoms with Crippen LogP contribution in [0.2, 0.25) is 0 Å². The first kappa shape index (κ1) is 26.7. The molecule has 0 spiro atoms. The number of halogens is 2. The first-order chi connectivity index (χ1) is 12.2. The summed E-state index contributed by atoms with van der Waals surface area (Å²) in [5.41, 5.74) is 5.00. The van der Waals surface area contributed by atoms with Crippen LogP contribution in [0.1, 0.15) is 30.9 Å². The molecule has 143 valence electrons. The normalized spacial score (nSPS) is 14.3. The van der Waals surface area contributed by atoms with Gasteiger partial charge in [-0.15, -0.1) is 46.7 Å². The fourth-order valence-corrected chi connectivity index (χ4v) is 3.12. The van der Waals surface area contributed by atoms with Crippen molar-refractivity contribution in [3.8, 4) is 0 Å². The van der Waals surface area contributed by atoms with Crippen molar-refractivity contribution in [1.82, 2.24) is 0 Å². The van der Waals surface area contributed by atoms with Crippen molar-refractivity contribution in [3.63, 3.8) is 0 Å². The van der Waals surface area contributed by atoms with Crippen LogP contribution in [0.3, 0.4) is 0 Å². The Balaban J connectivity index is 0.000000574. The average Bonchev–Trinajstić information content (AvgIpc) is 3.00. The summed E-state index contributed by atoms with van der Waals surface area (Å²) in [7, 11) is 0. The summed E-state index contributed by atoms with van der Waals surface area (Å²) in [5.74, 6) is 0.416. The van der Waals surface area contributed by atoms with E-state index in [1.165, 1.54) is 27.5 Å². The molecule has 1 N–H and O–H groups in total. The van der Waals surface area contributed by atoms with Gasteiger partial charge in [0.1, 0.15) is 0 Å². The van der Waals surface area contributed by atoms with Crippen LogP contribution >= 0.6 is 0 Å². The Labute approximate surface area is 195 Å². The molecule has 0 heterocycles. The number of hydrogen-bond donors (Lipinski definition) is 1. The van der Waals surface area contributed by atoms with E-state index in [9.17, 15) is 0 Å². The van der Waals surface area contributed by atoms with Crippen LogP contribution in [0.4, 0.5) is 0 Å². The maximum Gasteiger partial charge on any atom is 3.00 e. The molecule has 0 aliphatic heterocycles. The van der Waals surface area contributed by atoms with Gasteiger partial charge in [0.05, 0.1) is 6.61 Å². The van der Waals surface area contributed by atoms with Gasteiger partial charge in [0.2, 0.25) is 0 Å². The zero-order valence-electron chi connectivity index (χ0n) is 16.0. The molecule has 0 fully saturated rings. The van der Waals surface area contributed by atoms with Gasteiger partial charge in [-0.05, 0) is 19.4 Å². The van der Waals surface area contributed by atoms with E-state index in [1.807, 2.05) is 30.3 Å². The minimum absolute atomic E-state index is 0. The van der Waals surface area contributed by atoms with Gasteiger partial charge in [-0.2, -0.15) is 0 Å². The van der Waals surface area contributed by atoms with Crippen LogP contribution in [0.15, 0.2) is 90.0 Å². The first-order valence-corrected chi connectivity index (χ1v) is 8.60. The molecule has 1 nitrogen and oxygen atoms in total. The molecule has 4 heteroatoms.